The number of carbonyl (C=O) groups is 3. The number of H-pyrrole nitrogens is 2. The SMILES string of the molecule is COC(=O)c1ccc(NC(=O)COC(=O)c2cc(=O)[nH]c(=O)[nH]2)cc1. The zero-order chi connectivity index (χ0) is 18.4. The second-order valence-corrected chi connectivity index (χ2v) is 4.69. The number of ether oxygens (including phenoxy) is 2. The van der Waals surface area contributed by atoms with Crippen LogP contribution in [0.1, 0.15) is 20.8 Å². The smallest absolute Gasteiger partial charge is 0.355 e. The van der Waals surface area contributed by atoms with Crippen LogP contribution in [-0.2, 0) is 14.3 Å². The predicted molar refractivity (Wildman–Crippen MR) is 84.4 cm³/mol. The van der Waals surface area contributed by atoms with Crippen molar-refractivity contribution >= 4 is 23.5 Å². The van der Waals surface area contributed by atoms with Gasteiger partial charge < -0.3 is 19.8 Å². The largest absolute Gasteiger partial charge is 0.465 e. The number of carbonyl (C=O) groups excluding carboxylic acids is 3. The van der Waals surface area contributed by atoms with E-state index in [0.717, 1.165) is 6.07 Å². The Morgan fingerprint density at radius 3 is 2.32 bits per heavy atom. The van der Waals surface area contributed by atoms with Crippen LogP contribution in [0.5, 0.6) is 0 Å². The fraction of sp³-hybridized carbons (Fsp3) is 0.133. The topological polar surface area (TPSA) is 147 Å². The molecular weight excluding hydrogens is 334 g/mol. The molecule has 2 rings (SSSR count). The monoisotopic (exact) mass is 347 g/mol. The normalized spacial score (nSPS) is 9.96. The summed E-state index contributed by atoms with van der Waals surface area (Å²) in [4.78, 5) is 60.8. The summed E-state index contributed by atoms with van der Waals surface area (Å²) in [5.41, 5.74) is -1.33. The maximum atomic E-state index is 11.7. The molecule has 3 N–H and O–H groups in total. The molecule has 1 amide bonds. The number of amides is 1. The number of hydrogen-bond acceptors (Lipinski definition) is 7. The number of esters is 2. The molecule has 0 aliphatic carbocycles. The molecule has 1 aromatic heterocycles. The Kier molecular flexibility index (Phi) is 5.46. The van der Waals surface area contributed by atoms with Gasteiger partial charge in [-0.1, -0.05) is 0 Å². The van der Waals surface area contributed by atoms with Gasteiger partial charge in [0.15, 0.2) is 6.61 Å². The summed E-state index contributed by atoms with van der Waals surface area (Å²) in [5, 5.41) is 2.45. The highest BCUT2D eigenvalue weighted by molar-refractivity contribution is 5.95. The molecule has 10 nitrogen and oxygen atoms in total. The van der Waals surface area contributed by atoms with E-state index in [9.17, 15) is 24.0 Å². The van der Waals surface area contributed by atoms with Crippen molar-refractivity contribution in [3.63, 3.8) is 0 Å². The lowest BCUT2D eigenvalue weighted by Crippen LogP contribution is -2.27. The lowest BCUT2D eigenvalue weighted by Gasteiger charge is -2.07. The number of nitrogens with one attached hydrogen (secondary N) is 3. The Morgan fingerprint density at radius 2 is 1.72 bits per heavy atom. The van der Waals surface area contributed by atoms with E-state index in [4.69, 9.17) is 4.74 Å². The van der Waals surface area contributed by atoms with Gasteiger partial charge in [0.1, 0.15) is 5.69 Å². The van der Waals surface area contributed by atoms with Crippen LogP contribution in [0, 0.1) is 0 Å². The van der Waals surface area contributed by atoms with Crippen LogP contribution in [-0.4, -0.2) is 41.5 Å². The van der Waals surface area contributed by atoms with Crippen molar-refractivity contribution in [1.82, 2.24) is 9.97 Å². The van der Waals surface area contributed by atoms with Gasteiger partial charge in [0.05, 0.1) is 12.7 Å². The molecule has 0 bridgehead atoms. The van der Waals surface area contributed by atoms with Crippen LogP contribution in [0.4, 0.5) is 5.69 Å². The van der Waals surface area contributed by atoms with Gasteiger partial charge in [0.25, 0.3) is 11.5 Å². The molecule has 1 heterocycles. The molecule has 0 unspecified atom stereocenters. The van der Waals surface area contributed by atoms with E-state index in [1.165, 1.54) is 31.4 Å². The number of methoxy groups -OCH3 is 1. The van der Waals surface area contributed by atoms with Gasteiger partial charge in [-0.05, 0) is 24.3 Å². The Balaban J connectivity index is 1.92. The van der Waals surface area contributed by atoms with Crippen LogP contribution in [0.2, 0.25) is 0 Å². The molecule has 0 fully saturated rings. The summed E-state index contributed by atoms with van der Waals surface area (Å²) in [6.45, 7) is -0.633. The van der Waals surface area contributed by atoms with Crippen molar-refractivity contribution in [2.75, 3.05) is 19.0 Å². The number of anilines is 1. The molecule has 0 saturated carbocycles. The maximum absolute atomic E-state index is 11.7. The molecule has 25 heavy (non-hydrogen) atoms. The molecule has 0 spiro atoms. The zero-order valence-corrected chi connectivity index (χ0v) is 13.0. The Morgan fingerprint density at radius 1 is 1.04 bits per heavy atom. The summed E-state index contributed by atoms with van der Waals surface area (Å²) in [5.74, 6) is -2.19. The van der Waals surface area contributed by atoms with E-state index in [1.54, 1.807) is 0 Å². The minimum atomic E-state index is -1.03. The fourth-order valence-corrected chi connectivity index (χ4v) is 1.79. The zero-order valence-electron chi connectivity index (χ0n) is 13.0. The Hall–Kier alpha value is -3.69. The third-order valence-corrected chi connectivity index (χ3v) is 2.90. The van der Waals surface area contributed by atoms with E-state index >= 15 is 0 Å². The van der Waals surface area contributed by atoms with Crippen LogP contribution in [0.25, 0.3) is 0 Å². The average Bonchev–Trinajstić information content (AvgIpc) is 2.58. The lowest BCUT2D eigenvalue weighted by atomic mass is 10.2. The van der Waals surface area contributed by atoms with E-state index in [2.05, 4.69) is 15.0 Å². The highest BCUT2D eigenvalue weighted by Gasteiger charge is 2.12. The molecule has 130 valence electrons. The van der Waals surface area contributed by atoms with E-state index in [-0.39, 0.29) is 5.69 Å². The molecule has 0 aliphatic rings. The van der Waals surface area contributed by atoms with Gasteiger partial charge in [0, 0.05) is 11.8 Å². The third-order valence-electron chi connectivity index (χ3n) is 2.90. The van der Waals surface area contributed by atoms with Crippen molar-refractivity contribution in [3.8, 4) is 0 Å². The molecule has 0 atom stereocenters. The Bertz CT molecular complexity index is 883. The number of aromatic amines is 2. The van der Waals surface area contributed by atoms with Crippen molar-refractivity contribution in [2.24, 2.45) is 0 Å². The van der Waals surface area contributed by atoms with E-state index in [1.807, 2.05) is 4.98 Å². The first-order chi connectivity index (χ1) is 11.9. The number of benzene rings is 1. The molecule has 0 aliphatic heterocycles. The van der Waals surface area contributed by atoms with Crippen LogP contribution in [0.3, 0.4) is 0 Å². The first-order valence-corrected chi connectivity index (χ1v) is 6.88. The second kappa shape index (κ2) is 7.73. The first kappa shape index (κ1) is 17.7. The van der Waals surface area contributed by atoms with Crippen LogP contribution < -0.4 is 16.6 Å². The first-order valence-electron chi connectivity index (χ1n) is 6.88. The number of rotatable bonds is 5. The van der Waals surface area contributed by atoms with E-state index < -0.39 is 35.7 Å². The molecule has 0 radical (unpaired) electrons. The highest BCUT2D eigenvalue weighted by atomic mass is 16.5. The summed E-state index contributed by atoms with van der Waals surface area (Å²) < 4.78 is 9.25. The van der Waals surface area contributed by atoms with Crippen LogP contribution in [0.15, 0.2) is 39.9 Å². The fourth-order valence-electron chi connectivity index (χ4n) is 1.79. The van der Waals surface area contributed by atoms with Gasteiger partial charge in [-0.15, -0.1) is 0 Å². The minimum absolute atomic E-state index is 0.310. The molecule has 10 heteroatoms. The standard InChI is InChI=1S/C15H13N3O7/c1-24-13(21)8-2-4-9(5-3-8)16-12(20)7-25-14(22)10-6-11(19)18-15(23)17-10/h2-6H,7H2,1H3,(H,16,20)(H2,17,18,19,23). The van der Waals surface area contributed by atoms with Crippen molar-refractivity contribution in [3.05, 3.63) is 62.4 Å². The maximum Gasteiger partial charge on any atom is 0.355 e. The van der Waals surface area contributed by atoms with Gasteiger partial charge in [0.2, 0.25) is 0 Å². The molecular formula is C15H13N3O7. The summed E-state index contributed by atoms with van der Waals surface area (Å²) in [6, 6.07) is 6.69. The number of aromatic nitrogens is 2. The quantitative estimate of drug-likeness (QED) is 0.626. The highest BCUT2D eigenvalue weighted by Crippen LogP contribution is 2.10. The predicted octanol–water partition coefficient (Wildman–Crippen LogP) is -0.355. The number of hydrogen-bond donors (Lipinski definition) is 3. The Labute approximate surface area is 139 Å². The summed E-state index contributed by atoms with van der Waals surface area (Å²) in [7, 11) is 1.25. The third kappa shape index (κ3) is 4.89. The molecule has 1 aromatic carbocycles. The van der Waals surface area contributed by atoms with E-state index in [0.29, 0.717) is 11.3 Å². The van der Waals surface area contributed by atoms with Crippen molar-refractivity contribution in [2.45, 2.75) is 0 Å². The molecule has 0 saturated heterocycles. The van der Waals surface area contributed by atoms with Gasteiger partial charge in [-0.25, -0.2) is 14.4 Å². The molecule has 2 aromatic rings. The van der Waals surface area contributed by atoms with Crippen molar-refractivity contribution < 1.29 is 23.9 Å². The minimum Gasteiger partial charge on any atom is -0.465 e. The van der Waals surface area contributed by atoms with Crippen LogP contribution >= 0.6 is 0 Å². The summed E-state index contributed by atoms with van der Waals surface area (Å²) >= 11 is 0. The van der Waals surface area contributed by atoms with Gasteiger partial charge >= 0.3 is 17.6 Å². The van der Waals surface area contributed by atoms with Gasteiger partial charge in [-0.2, -0.15) is 0 Å². The average molecular weight is 347 g/mol. The second-order valence-electron chi connectivity index (χ2n) is 4.69. The summed E-state index contributed by atoms with van der Waals surface area (Å²) in [6.07, 6.45) is 0. The lowest BCUT2D eigenvalue weighted by molar-refractivity contribution is -0.119. The van der Waals surface area contributed by atoms with Gasteiger partial charge in [-0.3, -0.25) is 14.6 Å². The van der Waals surface area contributed by atoms with Crippen molar-refractivity contribution in [1.29, 1.82) is 0 Å².